The second-order valence-corrected chi connectivity index (χ2v) is 12.2. The molecule has 0 aliphatic carbocycles. The molecule has 1 amide bonds. The Labute approximate surface area is 260 Å². The maximum absolute atomic E-state index is 13.7. The lowest BCUT2D eigenvalue weighted by Crippen LogP contribution is -2.29. The lowest BCUT2D eigenvalue weighted by molar-refractivity contribution is -0.132. The summed E-state index contributed by atoms with van der Waals surface area (Å²) in [6.07, 6.45) is 1.49. The zero-order chi connectivity index (χ0) is 31.7. The Balaban J connectivity index is 1.66. The fourth-order valence-electron chi connectivity index (χ4n) is 5.32. The molecule has 11 heteroatoms. The van der Waals surface area contributed by atoms with Crippen molar-refractivity contribution in [1.82, 2.24) is 4.98 Å². The summed E-state index contributed by atoms with van der Waals surface area (Å²) in [4.78, 5) is 45.8. The van der Waals surface area contributed by atoms with Gasteiger partial charge in [-0.2, -0.15) is 0 Å². The molecule has 0 unspecified atom stereocenters. The number of thiazole rings is 1. The fourth-order valence-corrected chi connectivity index (χ4v) is 6.34. The van der Waals surface area contributed by atoms with Crippen LogP contribution in [-0.2, 0) is 20.7 Å². The van der Waals surface area contributed by atoms with Gasteiger partial charge in [-0.3, -0.25) is 14.5 Å². The van der Waals surface area contributed by atoms with E-state index in [2.05, 4.69) is 18.8 Å². The van der Waals surface area contributed by atoms with E-state index in [1.54, 1.807) is 43.3 Å². The van der Waals surface area contributed by atoms with Crippen LogP contribution in [0.2, 0.25) is 0 Å². The van der Waals surface area contributed by atoms with Crippen LogP contribution in [0.1, 0.15) is 72.2 Å². The molecule has 1 saturated heterocycles. The Morgan fingerprint density at radius 2 is 1.93 bits per heavy atom. The average Bonchev–Trinajstić information content (AvgIpc) is 3.64. The molecule has 3 heterocycles. The molecule has 1 N–H and O–H groups in total. The number of aliphatic hydroxyl groups excluding tert-OH is 1. The number of aliphatic hydroxyl groups is 1. The number of aromatic nitrogens is 1. The number of benzene rings is 2. The summed E-state index contributed by atoms with van der Waals surface area (Å²) < 4.78 is 22.6. The van der Waals surface area contributed by atoms with Gasteiger partial charge in [-0.25, -0.2) is 9.78 Å². The second-order valence-electron chi connectivity index (χ2n) is 11.2. The molecule has 3 aromatic rings. The molecule has 0 spiro atoms. The molecule has 2 aliphatic rings. The van der Waals surface area contributed by atoms with Crippen molar-refractivity contribution >= 4 is 39.9 Å². The van der Waals surface area contributed by atoms with Crippen LogP contribution < -0.4 is 19.1 Å². The van der Waals surface area contributed by atoms with E-state index < -0.39 is 23.7 Å². The van der Waals surface area contributed by atoms with E-state index in [1.807, 2.05) is 13.8 Å². The molecule has 5 rings (SSSR count). The first-order valence-corrected chi connectivity index (χ1v) is 15.4. The molecular weight excluding hydrogens is 584 g/mol. The Morgan fingerprint density at radius 1 is 1.16 bits per heavy atom. The maximum Gasteiger partial charge on any atom is 0.350 e. The summed E-state index contributed by atoms with van der Waals surface area (Å²) in [5.74, 6) is -0.544. The van der Waals surface area contributed by atoms with Crippen LogP contribution in [0.15, 0.2) is 42.0 Å². The van der Waals surface area contributed by atoms with Crippen molar-refractivity contribution in [1.29, 1.82) is 0 Å². The number of methoxy groups -OCH3 is 1. The first-order valence-electron chi connectivity index (χ1n) is 14.6. The number of aryl methyl sites for hydroxylation is 1. The molecule has 1 aromatic heterocycles. The number of esters is 1. The molecule has 44 heavy (non-hydrogen) atoms. The van der Waals surface area contributed by atoms with Crippen molar-refractivity contribution in [3.63, 3.8) is 0 Å². The van der Waals surface area contributed by atoms with Crippen molar-refractivity contribution in [2.75, 3.05) is 25.2 Å². The third-order valence-corrected chi connectivity index (χ3v) is 8.65. The van der Waals surface area contributed by atoms with Crippen LogP contribution in [0.3, 0.4) is 0 Å². The van der Waals surface area contributed by atoms with Crippen molar-refractivity contribution in [3.8, 4) is 17.2 Å². The Bertz CT molecular complexity index is 1640. The van der Waals surface area contributed by atoms with Crippen LogP contribution in [0.5, 0.6) is 17.2 Å². The number of hydrogen-bond acceptors (Lipinski definition) is 10. The van der Waals surface area contributed by atoms with E-state index in [0.29, 0.717) is 59.6 Å². The zero-order valence-corrected chi connectivity index (χ0v) is 26.4. The molecule has 0 radical (unpaired) electrons. The molecule has 2 aromatic carbocycles. The monoisotopic (exact) mass is 620 g/mol. The van der Waals surface area contributed by atoms with Gasteiger partial charge in [0, 0.05) is 12.0 Å². The number of nitrogens with zero attached hydrogens (tertiary/aromatic N) is 2. The van der Waals surface area contributed by atoms with Crippen molar-refractivity contribution in [3.05, 3.63) is 69.2 Å². The van der Waals surface area contributed by atoms with E-state index in [0.717, 1.165) is 23.3 Å². The maximum atomic E-state index is 13.7. The van der Waals surface area contributed by atoms with Gasteiger partial charge in [0.15, 0.2) is 16.6 Å². The lowest BCUT2D eigenvalue weighted by atomic mass is 9.94. The normalized spacial score (nSPS) is 18.8. The van der Waals surface area contributed by atoms with Gasteiger partial charge in [0.25, 0.3) is 5.78 Å². The number of amides is 1. The van der Waals surface area contributed by atoms with Crippen LogP contribution in [0.25, 0.3) is 5.76 Å². The largest absolute Gasteiger partial charge is 0.507 e. The Morgan fingerprint density at radius 3 is 2.64 bits per heavy atom. The molecule has 1 fully saturated rings. The summed E-state index contributed by atoms with van der Waals surface area (Å²) >= 11 is 0.942. The van der Waals surface area contributed by atoms with Gasteiger partial charge in [0.05, 0.1) is 37.6 Å². The number of ether oxygens (including phenoxy) is 4. The van der Waals surface area contributed by atoms with E-state index in [4.69, 9.17) is 18.9 Å². The third kappa shape index (κ3) is 5.88. The minimum Gasteiger partial charge on any atom is -0.507 e. The van der Waals surface area contributed by atoms with Gasteiger partial charge in [-0.1, -0.05) is 31.3 Å². The van der Waals surface area contributed by atoms with Gasteiger partial charge in [0.1, 0.15) is 22.5 Å². The number of anilines is 1. The van der Waals surface area contributed by atoms with Gasteiger partial charge in [0.2, 0.25) is 0 Å². The molecule has 0 saturated carbocycles. The molecule has 0 bridgehead atoms. The third-order valence-electron chi connectivity index (χ3n) is 7.51. The van der Waals surface area contributed by atoms with E-state index in [9.17, 15) is 19.5 Å². The number of fused-ring (bicyclic) bond motifs is 1. The highest BCUT2D eigenvalue weighted by Gasteiger charge is 2.49. The highest BCUT2D eigenvalue weighted by molar-refractivity contribution is 7.17. The number of Topliss-reactive ketones (excluding diaryl/α,β-unsaturated/α-hetero) is 1. The minimum absolute atomic E-state index is 0.0108. The smallest absolute Gasteiger partial charge is 0.350 e. The van der Waals surface area contributed by atoms with Gasteiger partial charge in [-0.15, -0.1) is 0 Å². The quantitative estimate of drug-likeness (QED) is 0.126. The van der Waals surface area contributed by atoms with Crippen LogP contribution in [0.4, 0.5) is 5.13 Å². The first-order chi connectivity index (χ1) is 21.0. The van der Waals surface area contributed by atoms with Crippen LogP contribution >= 0.6 is 11.3 Å². The number of ketones is 1. The summed E-state index contributed by atoms with van der Waals surface area (Å²) in [6, 6.07) is 9.31. The summed E-state index contributed by atoms with van der Waals surface area (Å²) in [5, 5.41) is 11.8. The SMILES string of the molecule is CCOc1cc([C@H]2C(=C(O)c3ccc4c(c3)C[C@H](C)O4)C(=O)C(=O)N2c2nc(C)c(C(=O)OC)s2)ccc1OCCC(C)C. The van der Waals surface area contributed by atoms with Gasteiger partial charge in [-0.05, 0) is 74.6 Å². The predicted molar refractivity (Wildman–Crippen MR) is 166 cm³/mol. The Kier molecular flexibility index (Phi) is 8.96. The molecule has 2 aliphatic heterocycles. The van der Waals surface area contributed by atoms with E-state index in [1.165, 1.54) is 12.0 Å². The lowest BCUT2D eigenvalue weighted by Gasteiger charge is -2.24. The summed E-state index contributed by atoms with van der Waals surface area (Å²) in [7, 11) is 1.26. The number of rotatable bonds is 10. The number of carbonyl (C=O) groups excluding carboxylic acids is 3. The zero-order valence-electron chi connectivity index (χ0n) is 25.6. The summed E-state index contributed by atoms with van der Waals surface area (Å²) in [6.45, 7) is 10.5. The molecule has 2 atom stereocenters. The van der Waals surface area contributed by atoms with Crippen LogP contribution in [-0.4, -0.2) is 54.2 Å². The van der Waals surface area contributed by atoms with E-state index >= 15 is 0 Å². The standard InChI is InChI=1S/C33H36N2O8S/c1-7-41-25-16-20(8-11-24(25)42-13-12-17(2)3)27-26(28(36)21-9-10-23-22(15-21)14-18(4)43-23)29(37)31(38)35(27)33-34-19(5)30(44-33)32(39)40-6/h8-11,15-18,27,36H,7,12-14H2,1-6H3/t18-,27-/m0/s1. The highest BCUT2D eigenvalue weighted by Crippen LogP contribution is 2.46. The average molecular weight is 621 g/mol. The summed E-state index contributed by atoms with van der Waals surface area (Å²) in [5.41, 5.74) is 2.02. The molecule has 232 valence electrons. The van der Waals surface area contributed by atoms with Gasteiger partial charge < -0.3 is 24.1 Å². The molecule has 10 nitrogen and oxygen atoms in total. The highest BCUT2D eigenvalue weighted by atomic mass is 32.1. The Hall–Kier alpha value is -4.38. The number of hydrogen-bond donors (Lipinski definition) is 1. The minimum atomic E-state index is -1.07. The number of carbonyl (C=O) groups is 3. The molecular formula is C33H36N2O8S. The first kappa shape index (κ1) is 31.1. The van der Waals surface area contributed by atoms with Gasteiger partial charge >= 0.3 is 11.9 Å². The topological polar surface area (TPSA) is 124 Å². The van der Waals surface area contributed by atoms with Crippen molar-refractivity contribution < 1.29 is 38.4 Å². The van der Waals surface area contributed by atoms with E-state index in [-0.39, 0.29) is 27.4 Å². The fraction of sp³-hybridized carbons (Fsp3) is 0.394. The second kappa shape index (κ2) is 12.7. The van der Waals surface area contributed by atoms with Crippen molar-refractivity contribution in [2.45, 2.75) is 59.6 Å². The van der Waals surface area contributed by atoms with Crippen molar-refractivity contribution in [2.24, 2.45) is 5.92 Å². The predicted octanol–water partition coefficient (Wildman–Crippen LogP) is 6.01. The van der Waals surface area contributed by atoms with Crippen LogP contribution in [0, 0.1) is 12.8 Å².